The summed E-state index contributed by atoms with van der Waals surface area (Å²) in [5, 5.41) is 5.53. The van der Waals surface area contributed by atoms with Crippen molar-refractivity contribution in [1.29, 1.82) is 0 Å². The fourth-order valence-electron chi connectivity index (χ4n) is 4.32. The number of aryl methyl sites for hydroxylation is 2. The molecule has 3 aromatic rings. The van der Waals surface area contributed by atoms with Gasteiger partial charge in [-0.15, -0.1) is 0 Å². The van der Waals surface area contributed by atoms with Gasteiger partial charge in [-0.2, -0.15) is 0 Å². The third kappa shape index (κ3) is 3.60. The maximum atomic E-state index is 12.3. The van der Waals surface area contributed by atoms with E-state index in [0.29, 0.717) is 18.1 Å². The van der Waals surface area contributed by atoms with Crippen molar-refractivity contribution in [1.82, 2.24) is 9.88 Å². The molecule has 4 nitrogen and oxygen atoms in total. The summed E-state index contributed by atoms with van der Waals surface area (Å²) in [5.74, 6) is -0.0611. The van der Waals surface area contributed by atoms with Crippen molar-refractivity contribution in [3.8, 4) is 0 Å². The summed E-state index contributed by atoms with van der Waals surface area (Å²) in [6.07, 6.45) is 4.01. The summed E-state index contributed by atoms with van der Waals surface area (Å²) in [6.45, 7) is 8.92. The van der Waals surface area contributed by atoms with E-state index in [2.05, 4.69) is 54.1 Å². The molecule has 1 amide bonds. The zero-order chi connectivity index (χ0) is 20.6. The first-order chi connectivity index (χ1) is 13.9. The molecule has 4 rings (SSSR count). The number of halogens is 1. The number of anilines is 1. The largest absolute Gasteiger partial charge is 0.374 e. The van der Waals surface area contributed by atoms with Crippen molar-refractivity contribution in [3.63, 3.8) is 0 Å². The van der Waals surface area contributed by atoms with Gasteiger partial charge in [0.1, 0.15) is 0 Å². The smallest absolute Gasteiger partial charge is 0.246 e. The number of likely N-dealkylation sites (tertiary alicyclic amines) is 1. The Morgan fingerprint density at radius 2 is 2.10 bits per heavy atom. The van der Waals surface area contributed by atoms with Crippen LogP contribution >= 0.6 is 11.6 Å². The first-order valence-corrected chi connectivity index (χ1v) is 10.1. The zero-order valence-corrected chi connectivity index (χ0v) is 17.5. The predicted octanol–water partition coefficient (Wildman–Crippen LogP) is 5.23. The van der Waals surface area contributed by atoms with Gasteiger partial charge in [-0.1, -0.05) is 36.4 Å². The van der Waals surface area contributed by atoms with E-state index in [9.17, 15) is 4.79 Å². The second-order valence-electron chi connectivity index (χ2n) is 7.77. The molecule has 0 spiro atoms. The fourth-order valence-corrected chi connectivity index (χ4v) is 4.72. The Balaban J connectivity index is 1.78. The van der Waals surface area contributed by atoms with E-state index in [4.69, 9.17) is 11.6 Å². The monoisotopic (exact) mass is 405 g/mol. The van der Waals surface area contributed by atoms with E-state index < -0.39 is 5.54 Å². The number of amides is 1. The Labute approximate surface area is 176 Å². The summed E-state index contributed by atoms with van der Waals surface area (Å²) >= 11 is 6.66. The zero-order valence-electron chi connectivity index (χ0n) is 16.7. The van der Waals surface area contributed by atoms with E-state index in [1.165, 1.54) is 6.08 Å². The SMILES string of the molecule is C=CC(=O)N1CC[C@](Nc2ccc3cc(C)cnc3c2)(c2c(C)cccc2Cl)C1. The predicted molar refractivity (Wildman–Crippen MR) is 119 cm³/mol. The highest BCUT2D eigenvalue weighted by Crippen LogP contribution is 2.41. The standard InChI is InChI=1S/C24H24ClN3O/c1-4-22(29)28-11-10-24(15-28,23-17(3)6-5-7-20(23)25)27-19-9-8-18-12-16(2)14-26-21(18)13-19/h4-9,12-14,27H,1,10-11,15H2,2-3H3/t24-/m1/s1. The highest BCUT2D eigenvalue weighted by molar-refractivity contribution is 6.31. The van der Waals surface area contributed by atoms with E-state index in [0.717, 1.165) is 39.7 Å². The quantitative estimate of drug-likeness (QED) is 0.604. The van der Waals surface area contributed by atoms with Crippen LogP contribution in [0.3, 0.4) is 0 Å². The normalized spacial score (nSPS) is 18.8. The van der Waals surface area contributed by atoms with Crippen molar-refractivity contribution in [2.24, 2.45) is 0 Å². The van der Waals surface area contributed by atoms with Crippen molar-refractivity contribution in [2.45, 2.75) is 25.8 Å². The summed E-state index contributed by atoms with van der Waals surface area (Å²) in [4.78, 5) is 18.7. The molecule has 1 atom stereocenters. The van der Waals surface area contributed by atoms with Crippen molar-refractivity contribution >= 4 is 34.1 Å². The van der Waals surface area contributed by atoms with Crippen LogP contribution in [0, 0.1) is 13.8 Å². The van der Waals surface area contributed by atoms with Gasteiger partial charge in [0.05, 0.1) is 11.1 Å². The van der Waals surface area contributed by atoms with Crippen LogP contribution in [-0.4, -0.2) is 28.9 Å². The molecule has 0 aliphatic carbocycles. The number of nitrogens with one attached hydrogen (secondary N) is 1. The molecule has 1 aliphatic heterocycles. The Kier molecular flexibility index (Phi) is 5.05. The van der Waals surface area contributed by atoms with Crippen molar-refractivity contribution in [3.05, 3.63) is 83.0 Å². The van der Waals surface area contributed by atoms with E-state index in [1.807, 2.05) is 30.2 Å². The van der Waals surface area contributed by atoms with Gasteiger partial charge in [-0.05, 0) is 61.7 Å². The maximum absolute atomic E-state index is 12.3. The third-order valence-corrected chi connectivity index (χ3v) is 5.98. The number of nitrogens with zero attached hydrogens (tertiary/aromatic N) is 2. The molecule has 2 aromatic carbocycles. The van der Waals surface area contributed by atoms with Crippen molar-refractivity contribution in [2.75, 3.05) is 18.4 Å². The molecular formula is C24H24ClN3O. The van der Waals surface area contributed by atoms with Gasteiger partial charge in [0.15, 0.2) is 0 Å². The number of benzene rings is 2. The highest BCUT2D eigenvalue weighted by Gasteiger charge is 2.43. The number of pyridine rings is 1. The second kappa shape index (κ2) is 7.53. The molecule has 29 heavy (non-hydrogen) atoms. The number of rotatable bonds is 4. The van der Waals surface area contributed by atoms with Crippen LogP contribution in [0.2, 0.25) is 5.02 Å². The minimum Gasteiger partial charge on any atom is -0.374 e. The second-order valence-corrected chi connectivity index (χ2v) is 8.18. The Morgan fingerprint density at radius 1 is 1.28 bits per heavy atom. The Morgan fingerprint density at radius 3 is 2.86 bits per heavy atom. The van der Waals surface area contributed by atoms with Gasteiger partial charge in [0.2, 0.25) is 5.91 Å². The molecule has 5 heteroatoms. The first-order valence-electron chi connectivity index (χ1n) is 9.73. The molecule has 1 N–H and O–H groups in total. The summed E-state index contributed by atoms with van der Waals surface area (Å²) in [6, 6.07) is 14.3. The molecule has 1 aliphatic rings. The molecule has 1 aromatic heterocycles. The number of hydrogen-bond donors (Lipinski definition) is 1. The van der Waals surface area contributed by atoms with Gasteiger partial charge in [-0.3, -0.25) is 9.78 Å². The number of hydrogen-bond acceptors (Lipinski definition) is 3. The number of aromatic nitrogens is 1. The van der Waals surface area contributed by atoms with E-state index in [1.54, 1.807) is 0 Å². The van der Waals surface area contributed by atoms with Crippen LogP contribution in [-0.2, 0) is 10.3 Å². The molecule has 0 bridgehead atoms. The topological polar surface area (TPSA) is 45.2 Å². The van der Waals surface area contributed by atoms with Gasteiger partial charge in [-0.25, -0.2) is 0 Å². The van der Waals surface area contributed by atoms with Crippen LogP contribution in [0.5, 0.6) is 0 Å². The lowest BCUT2D eigenvalue weighted by atomic mass is 9.85. The highest BCUT2D eigenvalue weighted by atomic mass is 35.5. The summed E-state index contributed by atoms with van der Waals surface area (Å²) in [5.41, 5.74) is 4.70. The average molecular weight is 406 g/mol. The van der Waals surface area contributed by atoms with Crippen LogP contribution in [0.15, 0.2) is 61.3 Å². The van der Waals surface area contributed by atoms with Crippen LogP contribution in [0.4, 0.5) is 5.69 Å². The van der Waals surface area contributed by atoms with Crippen LogP contribution in [0.25, 0.3) is 10.9 Å². The molecule has 2 heterocycles. The van der Waals surface area contributed by atoms with Gasteiger partial charge in [0, 0.05) is 40.9 Å². The fraction of sp³-hybridized carbons (Fsp3) is 0.250. The number of carbonyl (C=O) groups excluding carboxylic acids is 1. The Hall–Kier alpha value is -2.85. The van der Waals surface area contributed by atoms with E-state index >= 15 is 0 Å². The molecule has 0 saturated carbocycles. The molecule has 1 saturated heterocycles. The number of carbonyl (C=O) groups is 1. The summed E-state index contributed by atoms with van der Waals surface area (Å²) < 4.78 is 0. The Bertz CT molecular complexity index is 1090. The first kappa shape index (κ1) is 19.5. The lowest BCUT2D eigenvalue weighted by Gasteiger charge is -2.34. The van der Waals surface area contributed by atoms with Crippen LogP contribution < -0.4 is 5.32 Å². The summed E-state index contributed by atoms with van der Waals surface area (Å²) in [7, 11) is 0. The maximum Gasteiger partial charge on any atom is 0.246 e. The third-order valence-electron chi connectivity index (χ3n) is 5.66. The molecule has 0 unspecified atom stereocenters. The molecule has 148 valence electrons. The average Bonchev–Trinajstić information content (AvgIpc) is 3.12. The van der Waals surface area contributed by atoms with Gasteiger partial charge in [0.25, 0.3) is 0 Å². The van der Waals surface area contributed by atoms with Gasteiger partial charge < -0.3 is 10.2 Å². The van der Waals surface area contributed by atoms with Gasteiger partial charge >= 0.3 is 0 Å². The van der Waals surface area contributed by atoms with Crippen LogP contribution in [0.1, 0.15) is 23.1 Å². The van der Waals surface area contributed by atoms with E-state index in [-0.39, 0.29) is 5.91 Å². The molecule has 1 fully saturated rings. The molecule has 0 radical (unpaired) electrons. The lowest BCUT2D eigenvalue weighted by Crippen LogP contribution is -2.40. The minimum absolute atomic E-state index is 0.0611. The number of fused-ring (bicyclic) bond motifs is 1. The lowest BCUT2D eigenvalue weighted by molar-refractivity contribution is -0.125. The minimum atomic E-state index is -0.473. The van der Waals surface area contributed by atoms with Crippen molar-refractivity contribution < 1.29 is 4.79 Å². The molecular weight excluding hydrogens is 382 g/mol.